The van der Waals surface area contributed by atoms with E-state index < -0.39 is 29.3 Å². The lowest BCUT2D eigenvalue weighted by atomic mass is 10.1. The summed E-state index contributed by atoms with van der Waals surface area (Å²) in [6.07, 6.45) is 4.21. The van der Waals surface area contributed by atoms with Crippen LogP contribution in [0.5, 0.6) is 0 Å². The predicted octanol–water partition coefficient (Wildman–Crippen LogP) is 2.18. The van der Waals surface area contributed by atoms with Crippen molar-refractivity contribution in [1.29, 1.82) is 0 Å². The number of likely N-dealkylation sites (tertiary alicyclic amines) is 1. The molecule has 1 saturated carbocycles. The molecule has 0 radical (unpaired) electrons. The molecule has 2 fully saturated rings. The number of hydrogen-bond acceptors (Lipinski definition) is 6. The maximum atomic E-state index is 12.3. The predicted molar refractivity (Wildman–Crippen MR) is 99.5 cm³/mol. The van der Waals surface area contributed by atoms with Crippen LogP contribution in [0.2, 0.25) is 0 Å². The lowest BCUT2D eigenvalue weighted by Gasteiger charge is -2.23. The Bertz CT molecular complexity index is 803. The Morgan fingerprint density at radius 3 is 2.71 bits per heavy atom. The molecule has 1 aromatic rings. The van der Waals surface area contributed by atoms with Gasteiger partial charge in [0.15, 0.2) is 6.61 Å². The Morgan fingerprint density at radius 1 is 1.32 bits per heavy atom. The van der Waals surface area contributed by atoms with Gasteiger partial charge >= 0.3 is 5.97 Å². The van der Waals surface area contributed by atoms with Crippen molar-refractivity contribution in [2.45, 2.75) is 45.1 Å². The molecule has 1 saturated heterocycles. The van der Waals surface area contributed by atoms with Crippen molar-refractivity contribution in [2.24, 2.45) is 5.92 Å². The summed E-state index contributed by atoms with van der Waals surface area (Å²) in [5, 5.41) is 13.5. The van der Waals surface area contributed by atoms with E-state index in [9.17, 15) is 24.5 Å². The first-order valence-electron chi connectivity index (χ1n) is 9.36. The third-order valence-electron chi connectivity index (χ3n) is 5.31. The van der Waals surface area contributed by atoms with Gasteiger partial charge in [-0.3, -0.25) is 24.5 Å². The molecule has 0 aromatic heterocycles. The molecule has 1 aromatic carbocycles. The van der Waals surface area contributed by atoms with Crippen LogP contribution in [0.15, 0.2) is 18.2 Å². The molecule has 3 rings (SSSR count). The van der Waals surface area contributed by atoms with E-state index in [2.05, 4.69) is 5.32 Å². The number of carbonyl (C=O) groups is 3. The minimum Gasteiger partial charge on any atom is -0.455 e. The Hall–Kier alpha value is -2.97. The fourth-order valence-electron chi connectivity index (χ4n) is 3.86. The van der Waals surface area contributed by atoms with Crippen LogP contribution in [0.3, 0.4) is 0 Å². The summed E-state index contributed by atoms with van der Waals surface area (Å²) in [7, 11) is 0. The van der Waals surface area contributed by atoms with Gasteiger partial charge in [0.25, 0.3) is 11.6 Å². The average molecular weight is 389 g/mol. The minimum absolute atomic E-state index is 0.0474. The van der Waals surface area contributed by atoms with E-state index in [0.717, 1.165) is 25.7 Å². The Balaban J connectivity index is 1.53. The molecule has 150 valence electrons. The van der Waals surface area contributed by atoms with E-state index in [-0.39, 0.29) is 29.7 Å². The number of nitrogens with zero attached hydrogens (tertiary/aromatic N) is 2. The Labute approximate surface area is 162 Å². The summed E-state index contributed by atoms with van der Waals surface area (Å²) in [6, 6.07) is 4.65. The van der Waals surface area contributed by atoms with E-state index in [1.165, 1.54) is 12.1 Å². The van der Waals surface area contributed by atoms with Gasteiger partial charge in [0.2, 0.25) is 5.91 Å². The summed E-state index contributed by atoms with van der Waals surface area (Å²) < 4.78 is 5.06. The van der Waals surface area contributed by atoms with Crippen molar-refractivity contribution in [3.63, 3.8) is 0 Å². The molecule has 9 heteroatoms. The monoisotopic (exact) mass is 389 g/mol. The molecule has 9 nitrogen and oxygen atoms in total. The van der Waals surface area contributed by atoms with E-state index in [4.69, 9.17) is 4.74 Å². The van der Waals surface area contributed by atoms with Crippen LogP contribution in [0.4, 0.5) is 11.4 Å². The standard InChI is InChI=1S/C19H23N3O6/c1-12-5-4-8-15(22(26)27)18(12)20-16(23)11-28-19(25)13-9-17(24)21(10-13)14-6-2-3-7-14/h4-5,8,13-14H,2-3,6-7,9-11H2,1H3,(H,20,23)/t13-/m1/s1. The van der Waals surface area contributed by atoms with Crippen LogP contribution in [-0.2, 0) is 19.1 Å². The van der Waals surface area contributed by atoms with Gasteiger partial charge in [0, 0.05) is 25.1 Å². The summed E-state index contributed by atoms with van der Waals surface area (Å²) in [5.41, 5.74) is 0.382. The fraction of sp³-hybridized carbons (Fsp3) is 0.526. The van der Waals surface area contributed by atoms with Crippen LogP contribution in [0, 0.1) is 23.0 Å². The third-order valence-corrected chi connectivity index (χ3v) is 5.31. The summed E-state index contributed by atoms with van der Waals surface area (Å²) >= 11 is 0. The first-order chi connectivity index (χ1) is 13.4. The van der Waals surface area contributed by atoms with Crippen molar-refractivity contribution < 1.29 is 24.0 Å². The van der Waals surface area contributed by atoms with E-state index in [1.807, 2.05) is 0 Å². The number of rotatable bonds is 6. The number of nitro benzene ring substituents is 1. The molecule has 0 spiro atoms. The molecule has 1 atom stereocenters. The van der Waals surface area contributed by atoms with Crippen molar-refractivity contribution in [3.05, 3.63) is 33.9 Å². The second kappa shape index (κ2) is 8.37. The highest BCUT2D eigenvalue weighted by molar-refractivity contribution is 5.96. The number of hydrogen-bond donors (Lipinski definition) is 1. The number of nitro groups is 1. The number of aryl methyl sites for hydroxylation is 1. The number of esters is 1. The normalized spacial score (nSPS) is 19.7. The highest BCUT2D eigenvalue weighted by atomic mass is 16.6. The zero-order valence-electron chi connectivity index (χ0n) is 15.7. The highest BCUT2D eigenvalue weighted by Gasteiger charge is 2.39. The molecule has 0 unspecified atom stereocenters. The number of amides is 2. The number of benzene rings is 1. The first-order valence-corrected chi connectivity index (χ1v) is 9.36. The molecule has 28 heavy (non-hydrogen) atoms. The summed E-state index contributed by atoms with van der Waals surface area (Å²) in [6.45, 7) is 1.40. The molecule has 2 amide bonds. The molecular formula is C19H23N3O6. The average Bonchev–Trinajstić information content (AvgIpc) is 3.30. The van der Waals surface area contributed by atoms with Crippen LogP contribution < -0.4 is 5.32 Å². The van der Waals surface area contributed by atoms with Gasteiger partial charge in [0.05, 0.1) is 10.8 Å². The van der Waals surface area contributed by atoms with Gasteiger partial charge < -0.3 is 15.0 Å². The van der Waals surface area contributed by atoms with Gasteiger partial charge in [0.1, 0.15) is 5.69 Å². The van der Waals surface area contributed by atoms with Gasteiger partial charge in [-0.2, -0.15) is 0 Å². The lowest BCUT2D eigenvalue weighted by Crippen LogP contribution is -2.35. The second-order valence-electron chi connectivity index (χ2n) is 7.27. The quantitative estimate of drug-likeness (QED) is 0.452. The molecular weight excluding hydrogens is 366 g/mol. The van der Waals surface area contributed by atoms with Gasteiger partial charge in [-0.1, -0.05) is 25.0 Å². The highest BCUT2D eigenvalue weighted by Crippen LogP contribution is 2.30. The van der Waals surface area contributed by atoms with Crippen LogP contribution in [0.25, 0.3) is 0 Å². The number of ether oxygens (including phenoxy) is 1. The van der Waals surface area contributed by atoms with Crippen molar-refractivity contribution in [2.75, 3.05) is 18.5 Å². The molecule has 1 heterocycles. The Kier molecular flexibility index (Phi) is 5.91. The van der Waals surface area contributed by atoms with Crippen LogP contribution in [0.1, 0.15) is 37.7 Å². The maximum absolute atomic E-state index is 12.3. The number of carbonyl (C=O) groups excluding carboxylic acids is 3. The van der Waals surface area contributed by atoms with Gasteiger partial charge in [-0.15, -0.1) is 0 Å². The SMILES string of the molecule is Cc1cccc([N+](=O)[O-])c1NC(=O)COC(=O)[C@@H]1CC(=O)N(C2CCCC2)C1. The number of para-hydroxylation sites is 1. The van der Waals surface area contributed by atoms with E-state index >= 15 is 0 Å². The Morgan fingerprint density at radius 2 is 2.04 bits per heavy atom. The first kappa shape index (κ1) is 19.8. The van der Waals surface area contributed by atoms with Crippen molar-refractivity contribution in [3.8, 4) is 0 Å². The fourth-order valence-corrected chi connectivity index (χ4v) is 3.86. The van der Waals surface area contributed by atoms with Crippen LogP contribution in [-0.4, -0.2) is 46.8 Å². The third kappa shape index (κ3) is 4.29. The molecule has 1 aliphatic heterocycles. The van der Waals surface area contributed by atoms with Crippen LogP contribution >= 0.6 is 0 Å². The zero-order chi connectivity index (χ0) is 20.3. The summed E-state index contributed by atoms with van der Waals surface area (Å²) in [4.78, 5) is 48.8. The van der Waals surface area contributed by atoms with Gasteiger partial charge in [-0.05, 0) is 25.3 Å². The molecule has 1 aliphatic carbocycles. The molecule has 0 bridgehead atoms. The zero-order valence-corrected chi connectivity index (χ0v) is 15.7. The minimum atomic E-state index is -0.664. The second-order valence-corrected chi connectivity index (χ2v) is 7.27. The largest absolute Gasteiger partial charge is 0.455 e. The van der Waals surface area contributed by atoms with E-state index in [1.54, 1.807) is 17.9 Å². The number of nitrogens with one attached hydrogen (secondary N) is 1. The van der Waals surface area contributed by atoms with E-state index in [0.29, 0.717) is 12.1 Å². The smallest absolute Gasteiger partial charge is 0.311 e. The topological polar surface area (TPSA) is 119 Å². The van der Waals surface area contributed by atoms with Crippen molar-refractivity contribution in [1.82, 2.24) is 4.90 Å². The lowest BCUT2D eigenvalue weighted by molar-refractivity contribution is -0.384. The number of anilines is 1. The van der Waals surface area contributed by atoms with Crippen molar-refractivity contribution >= 4 is 29.2 Å². The molecule has 1 N–H and O–H groups in total. The molecule has 2 aliphatic rings. The summed E-state index contributed by atoms with van der Waals surface area (Å²) in [5.74, 6) is -1.88. The van der Waals surface area contributed by atoms with Gasteiger partial charge in [-0.25, -0.2) is 0 Å². The maximum Gasteiger partial charge on any atom is 0.311 e.